The Morgan fingerprint density at radius 2 is 2.15 bits per heavy atom. The molecule has 26 heavy (non-hydrogen) atoms. The molecule has 7 heteroatoms. The van der Waals surface area contributed by atoms with Gasteiger partial charge in [-0.1, -0.05) is 28.9 Å². The van der Waals surface area contributed by atoms with Crippen LogP contribution in [0.15, 0.2) is 28.8 Å². The lowest BCUT2D eigenvalue weighted by molar-refractivity contribution is -0.136. The first-order valence-electron chi connectivity index (χ1n) is 9.09. The molecule has 0 spiro atoms. The first-order valence-corrected chi connectivity index (χ1v) is 9.09. The fraction of sp³-hybridized carbons (Fsp3) is 0.474. The number of nitrogens with zero attached hydrogens (tertiary/aromatic N) is 3. The minimum atomic E-state index is -0.301. The van der Waals surface area contributed by atoms with Crippen molar-refractivity contribution >= 4 is 11.9 Å². The van der Waals surface area contributed by atoms with Crippen molar-refractivity contribution in [1.29, 1.82) is 0 Å². The van der Waals surface area contributed by atoms with Gasteiger partial charge >= 0.3 is 6.03 Å². The fourth-order valence-electron chi connectivity index (χ4n) is 3.99. The summed E-state index contributed by atoms with van der Waals surface area (Å²) in [5, 5.41) is 7.09. The van der Waals surface area contributed by atoms with Gasteiger partial charge in [-0.15, -0.1) is 0 Å². The van der Waals surface area contributed by atoms with Gasteiger partial charge in [0.25, 0.3) is 0 Å². The van der Waals surface area contributed by atoms with Crippen LogP contribution in [-0.2, 0) is 4.79 Å². The summed E-state index contributed by atoms with van der Waals surface area (Å²) >= 11 is 0. The molecule has 2 heterocycles. The number of imide groups is 1. The topological polar surface area (TPSA) is 88.3 Å². The summed E-state index contributed by atoms with van der Waals surface area (Å²) < 4.78 is 5.50. The van der Waals surface area contributed by atoms with E-state index in [9.17, 15) is 9.59 Å². The normalized spacial score (nSPS) is 25.8. The van der Waals surface area contributed by atoms with Crippen molar-refractivity contribution < 1.29 is 14.1 Å². The van der Waals surface area contributed by atoms with E-state index in [1.54, 1.807) is 0 Å². The lowest BCUT2D eigenvalue weighted by Crippen LogP contribution is -2.61. The molecule has 1 N–H and O–H groups in total. The van der Waals surface area contributed by atoms with E-state index in [0.29, 0.717) is 31.1 Å². The van der Waals surface area contributed by atoms with E-state index in [-0.39, 0.29) is 29.8 Å². The molecular formula is C19H22N4O3. The van der Waals surface area contributed by atoms with Gasteiger partial charge in [0.15, 0.2) is 0 Å². The molecule has 1 saturated carbocycles. The second kappa shape index (κ2) is 6.55. The maximum Gasteiger partial charge on any atom is 0.324 e. The molecule has 2 aliphatic rings. The van der Waals surface area contributed by atoms with Gasteiger partial charge in [0.1, 0.15) is 0 Å². The number of carbonyl (C=O) groups is 2. The monoisotopic (exact) mass is 354 g/mol. The van der Waals surface area contributed by atoms with Gasteiger partial charge in [-0.2, -0.15) is 4.98 Å². The standard InChI is InChI=1S/C19H22N4O3/c1-3-23-18(24)14-8-7-13(10-15(14)20-19(23)25)17-21-16(22-26-17)12-6-4-5-11(2)9-12/h4-6,9,13-15H,3,7-8,10H2,1-2H3,(H,20,25). The molecule has 136 valence electrons. The van der Waals surface area contributed by atoms with Crippen LogP contribution in [0.25, 0.3) is 11.4 Å². The van der Waals surface area contributed by atoms with Crippen LogP contribution in [0.5, 0.6) is 0 Å². The molecule has 3 unspecified atom stereocenters. The number of hydrogen-bond donors (Lipinski definition) is 1. The van der Waals surface area contributed by atoms with Gasteiger partial charge in [0.2, 0.25) is 17.6 Å². The van der Waals surface area contributed by atoms with Crippen LogP contribution < -0.4 is 5.32 Å². The van der Waals surface area contributed by atoms with Crippen LogP contribution in [0.2, 0.25) is 0 Å². The summed E-state index contributed by atoms with van der Waals surface area (Å²) in [6, 6.07) is 7.50. The van der Waals surface area contributed by atoms with Crippen LogP contribution >= 0.6 is 0 Å². The van der Waals surface area contributed by atoms with Crippen molar-refractivity contribution in [3.63, 3.8) is 0 Å². The average Bonchev–Trinajstić information content (AvgIpc) is 3.12. The first-order chi connectivity index (χ1) is 12.6. The van der Waals surface area contributed by atoms with Crippen LogP contribution in [0.1, 0.15) is 43.6 Å². The first kappa shape index (κ1) is 16.8. The highest BCUT2D eigenvalue weighted by atomic mass is 16.5. The van der Waals surface area contributed by atoms with Crippen molar-refractivity contribution in [1.82, 2.24) is 20.4 Å². The lowest BCUT2D eigenvalue weighted by atomic mass is 9.76. The predicted molar refractivity (Wildman–Crippen MR) is 94.3 cm³/mol. The van der Waals surface area contributed by atoms with Crippen LogP contribution in [-0.4, -0.2) is 39.6 Å². The Hall–Kier alpha value is -2.70. The van der Waals surface area contributed by atoms with Crippen molar-refractivity contribution in [2.45, 2.75) is 45.1 Å². The second-order valence-corrected chi connectivity index (χ2v) is 7.08. The zero-order valence-corrected chi connectivity index (χ0v) is 14.9. The molecule has 4 rings (SSSR count). The average molecular weight is 354 g/mol. The predicted octanol–water partition coefficient (Wildman–Crippen LogP) is 2.87. The third-order valence-corrected chi connectivity index (χ3v) is 5.37. The van der Waals surface area contributed by atoms with Gasteiger partial charge < -0.3 is 9.84 Å². The van der Waals surface area contributed by atoms with Crippen LogP contribution in [0, 0.1) is 12.8 Å². The third-order valence-electron chi connectivity index (χ3n) is 5.37. The third kappa shape index (κ3) is 2.87. The summed E-state index contributed by atoms with van der Waals surface area (Å²) in [4.78, 5) is 30.4. The number of aryl methyl sites for hydroxylation is 1. The molecule has 7 nitrogen and oxygen atoms in total. The second-order valence-electron chi connectivity index (χ2n) is 7.08. The molecule has 1 aromatic carbocycles. The van der Waals surface area contributed by atoms with Crippen LogP contribution in [0.3, 0.4) is 0 Å². The van der Waals surface area contributed by atoms with E-state index in [1.807, 2.05) is 38.1 Å². The van der Waals surface area contributed by atoms with Crippen molar-refractivity contribution in [3.05, 3.63) is 35.7 Å². The van der Waals surface area contributed by atoms with E-state index in [4.69, 9.17) is 4.52 Å². The molecule has 3 atom stereocenters. The molecule has 1 aliphatic heterocycles. The van der Waals surface area contributed by atoms with Crippen molar-refractivity contribution in [3.8, 4) is 11.4 Å². The molecule has 2 fully saturated rings. The number of benzene rings is 1. The molecule has 3 amide bonds. The van der Waals surface area contributed by atoms with Crippen molar-refractivity contribution in [2.75, 3.05) is 6.54 Å². The molecular weight excluding hydrogens is 332 g/mol. The van der Waals surface area contributed by atoms with Gasteiger partial charge in [0.05, 0.1) is 5.92 Å². The Labute approximate surface area is 151 Å². The number of aromatic nitrogens is 2. The smallest absolute Gasteiger partial charge is 0.324 e. The van der Waals surface area contributed by atoms with E-state index in [0.717, 1.165) is 17.5 Å². The molecule has 1 aliphatic carbocycles. The number of urea groups is 1. The Morgan fingerprint density at radius 3 is 2.92 bits per heavy atom. The minimum Gasteiger partial charge on any atom is -0.339 e. The number of rotatable bonds is 3. The Bertz CT molecular complexity index is 847. The van der Waals surface area contributed by atoms with E-state index < -0.39 is 0 Å². The Morgan fingerprint density at radius 1 is 1.31 bits per heavy atom. The van der Waals surface area contributed by atoms with Gasteiger partial charge in [-0.25, -0.2) is 4.79 Å². The van der Waals surface area contributed by atoms with E-state index in [2.05, 4.69) is 15.5 Å². The largest absolute Gasteiger partial charge is 0.339 e. The minimum absolute atomic E-state index is 0.0589. The fourth-order valence-corrected chi connectivity index (χ4v) is 3.99. The van der Waals surface area contributed by atoms with E-state index in [1.165, 1.54) is 4.90 Å². The maximum absolute atomic E-state index is 12.5. The summed E-state index contributed by atoms with van der Waals surface area (Å²) in [5.41, 5.74) is 2.06. The van der Waals surface area contributed by atoms with Crippen molar-refractivity contribution in [2.24, 2.45) is 5.92 Å². The van der Waals surface area contributed by atoms with Gasteiger partial charge in [0, 0.05) is 24.1 Å². The highest BCUT2D eigenvalue weighted by Gasteiger charge is 2.44. The number of hydrogen-bond acceptors (Lipinski definition) is 5. The number of carbonyl (C=O) groups excluding carboxylic acids is 2. The molecule has 1 saturated heterocycles. The summed E-state index contributed by atoms with van der Waals surface area (Å²) in [7, 11) is 0. The number of amides is 3. The lowest BCUT2D eigenvalue weighted by Gasteiger charge is -2.41. The quantitative estimate of drug-likeness (QED) is 0.915. The summed E-state index contributed by atoms with van der Waals surface area (Å²) in [6.45, 7) is 4.24. The SMILES string of the molecule is CCN1C(=O)NC2CC(c3nc(-c4cccc(C)c4)no3)CCC2C1=O. The highest BCUT2D eigenvalue weighted by Crippen LogP contribution is 2.38. The number of fused-ring (bicyclic) bond motifs is 1. The number of nitrogens with one attached hydrogen (secondary N) is 1. The highest BCUT2D eigenvalue weighted by molar-refractivity contribution is 5.98. The Balaban J connectivity index is 1.51. The molecule has 0 bridgehead atoms. The van der Waals surface area contributed by atoms with Crippen LogP contribution in [0.4, 0.5) is 4.79 Å². The molecule has 1 aromatic heterocycles. The maximum atomic E-state index is 12.5. The Kier molecular flexibility index (Phi) is 4.22. The molecule has 0 radical (unpaired) electrons. The zero-order chi connectivity index (χ0) is 18.3. The summed E-state index contributed by atoms with van der Waals surface area (Å²) in [5.74, 6) is 1.00. The van der Waals surface area contributed by atoms with E-state index >= 15 is 0 Å². The zero-order valence-electron chi connectivity index (χ0n) is 14.9. The molecule has 2 aromatic rings. The van der Waals surface area contributed by atoms with Gasteiger partial charge in [-0.05, 0) is 39.2 Å². The van der Waals surface area contributed by atoms with Gasteiger partial charge in [-0.3, -0.25) is 9.69 Å². The summed E-state index contributed by atoms with van der Waals surface area (Å²) in [6.07, 6.45) is 2.16.